The van der Waals surface area contributed by atoms with Crippen LogP contribution in [-0.2, 0) is 10.0 Å². The fourth-order valence-electron chi connectivity index (χ4n) is 1.76. The van der Waals surface area contributed by atoms with Crippen LogP contribution in [0.25, 0.3) is 0 Å². The Morgan fingerprint density at radius 1 is 1.26 bits per heavy atom. The van der Waals surface area contributed by atoms with E-state index in [0.717, 1.165) is 0 Å². The Hall–Kier alpha value is -0.980. The van der Waals surface area contributed by atoms with Crippen LogP contribution >= 0.6 is 0 Å². The number of halogens is 1. The molecule has 1 aromatic rings. The fourth-order valence-corrected chi connectivity index (χ4v) is 3.45. The third-order valence-electron chi connectivity index (χ3n) is 2.99. The first-order valence-corrected chi connectivity index (χ1v) is 7.54. The highest BCUT2D eigenvalue weighted by Gasteiger charge is 2.24. The van der Waals surface area contributed by atoms with E-state index < -0.39 is 15.8 Å². The molecule has 0 heterocycles. The molecule has 1 rings (SSSR count). The van der Waals surface area contributed by atoms with E-state index in [4.69, 9.17) is 5.73 Å². The van der Waals surface area contributed by atoms with Crippen molar-refractivity contribution in [2.45, 2.75) is 32.6 Å². The van der Waals surface area contributed by atoms with Crippen molar-refractivity contribution >= 4 is 10.0 Å². The largest absolute Gasteiger partial charge is 0.330 e. The normalized spacial score (nSPS) is 12.7. The van der Waals surface area contributed by atoms with Gasteiger partial charge in [-0.2, -0.15) is 0 Å². The van der Waals surface area contributed by atoms with Crippen molar-refractivity contribution in [3.8, 4) is 0 Å². The molecule has 4 nitrogen and oxygen atoms in total. The van der Waals surface area contributed by atoms with E-state index in [1.165, 1.54) is 12.1 Å². The highest BCUT2D eigenvalue weighted by molar-refractivity contribution is 7.89. The minimum absolute atomic E-state index is 0.140. The molecule has 19 heavy (non-hydrogen) atoms. The van der Waals surface area contributed by atoms with E-state index in [2.05, 4.69) is 4.72 Å². The van der Waals surface area contributed by atoms with Crippen LogP contribution in [0.2, 0.25) is 0 Å². The summed E-state index contributed by atoms with van der Waals surface area (Å²) in [5.41, 5.74) is 6.04. The zero-order chi connectivity index (χ0) is 14.8. The molecule has 0 saturated carbocycles. The molecular weight excluding hydrogens is 267 g/mol. The van der Waals surface area contributed by atoms with Gasteiger partial charge in [0.05, 0.1) is 4.90 Å². The summed E-state index contributed by atoms with van der Waals surface area (Å²) in [7, 11) is -3.65. The summed E-state index contributed by atoms with van der Waals surface area (Å²) in [6, 6.07) is 2.44. The average molecular weight is 288 g/mol. The van der Waals surface area contributed by atoms with Crippen LogP contribution in [0.15, 0.2) is 17.0 Å². The van der Waals surface area contributed by atoms with Crippen molar-refractivity contribution in [1.82, 2.24) is 4.72 Å². The molecule has 0 aliphatic carbocycles. The molecule has 0 saturated heterocycles. The lowest BCUT2D eigenvalue weighted by Gasteiger charge is -2.23. The van der Waals surface area contributed by atoms with Crippen molar-refractivity contribution in [2.24, 2.45) is 11.1 Å². The smallest absolute Gasteiger partial charge is 0.241 e. The van der Waals surface area contributed by atoms with Gasteiger partial charge in [0.15, 0.2) is 0 Å². The molecule has 6 heteroatoms. The number of benzene rings is 1. The lowest BCUT2D eigenvalue weighted by molar-refractivity contribution is 0.376. The summed E-state index contributed by atoms with van der Waals surface area (Å²) in [5, 5.41) is 0. The number of hydrogen-bond acceptors (Lipinski definition) is 3. The van der Waals surface area contributed by atoms with E-state index in [1.54, 1.807) is 13.8 Å². The number of nitrogens with one attached hydrogen (secondary N) is 1. The molecule has 3 N–H and O–H groups in total. The third-order valence-corrected chi connectivity index (χ3v) is 4.69. The van der Waals surface area contributed by atoms with Crippen molar-refractivity contribution in [3.63, 3.8) is 0 Å². The maximum Gasteiger partial charge on any atom is 0.241 e. The van der Waals surface area contributed by atoms with Crippen LogP contribution in [0, 0.1) is 25.1 Å². The van der Waals surface area contributed by atoms with Crippen LogP contribution in [-0.4, -0.2) is 21.5 Å². The summed E-state index contributed by atoms with van der Waals surface area (Å²) in [6.45, 7) is 7.52. The van der Waals surface area contributed by atoms with Crippen LogP contribution < -0.4 is 10.5 Å². The number of hydrogen-bond donors (Lipinski definition) is 2. The molecule has 0 bridgehead atoms. The molecule has 0 fully saturated rings. The Morgan fingerprint density at radius 2 is 1.74 bits per heavy atom. The van der Waals surface area contributed by atoms with Crippen LogP contribution in [0.1, 0.15) is 25.0 Å². The monoisotopic (exact) mass is 288 g/mol. The van der Waals surface area contributed by atoms with E-state index in [9.17, 15) is 12.8 Å². The molecule has 0 atom stereocenters. The van der Waals surface area contributed by atoms with Gasteiger partial charge in [-0.1, -0.05) is 13.8 Å². The SMILES string of the molecule is Cc1cc(F)cc(C)c1S(=O)(=O)NCC(C)(C)CN. The van der Waals surface area contributed by atoms with E-state index in [1.807, 2.05) is 13.8 Å². The number of rotatable bonds is 5. The number of sulfonamides is 1. The van der Waals surface area contributed by atoms with Gasteiger partial charge < -0.3 is 5.73 Å². The molecule has 0 spiro atoms. The highest BCUT2D eigenvalue weighted by atomic mass is 32.2. The van der Waals surface area contributed by atoms with Gasteiger partial charge in [-0.25, -0.2) is 17.5 Å². The van der Waals surface area contributed by atoms with E-state index in [0.29, 0.717) is 17.7 Å². The minimum atomic E-state index is -3.65. The van der Waals surface area contributed by atoms with Gasteiger partial charge in [0.25, 0.3) is 0 Å². The predicted octanol–water partition coefficient (Wildman–Crippen LogP) is 1.71. The van der Waals surface area contributed by atoms with Gasteiger partial charge >= 0.3 is 0 Å². The summed E-state index contributed by atoms with van der Waals surface area (Å²) in [6.07, 6.45) is 0. The van der Waals surface area contributed by atoms with Crippen molar-refractivity contribution in [3.05, 3.63) is 29.1 Å². The Bertz CT molecular complexity index is 545. The average Bonchev–Trinajstić information content (AvgIpc) is 2.25. The molecule has 108 valence electrons. The molecule has 0 aliphatic rings. The van der Waals surface area contributed by atoms with Gasteiger partial charge in [-0.05, 0) is 49.1 Å². The van der Waals surface area contributed by atoms with Gasteiger partial charge in [0, 0.05) is 6.54 Å². The standard InChI is InChI=1S/C13H21FN2O2S/c1-9-5-11(14)6-10(2)12(9)19(17,18)16-8-13(3,4)7-15/h5-6,16H,7-8,15H2,1-4H3. The van der Waals surface area contributed by atoms with Gasteiger partial charge in [0.2, 0.25) is 10.0 Å². The molecule has 0 amide bonds. The van der Waals surface area contributed by atoms with Crippen molar-refractivity contribution < 1.29 is 12.8 Å². The first-order chi connectivity index (χ1) is 8.59. The van der Waals surface area contributed by atoms with Crippen molar-refractivity contribution in [2.75, 3.05) is 13.1 Å². The van der Waals surface area contributed by atoms with Gasteiger partial charge in [0.1, 0.15) is 5.82 Å². The Balaban J connectivity index is 3.09. The first-order valence-electron chi connectivity index (χ1n) is 6.05. The van der Waals surface area contributed by atoms with Gasteiger partial charge in [-0.3, -0.25) is 0 Å². The van der Waals surface area contributed by atoms with Crippen LogP contribution in [0.4, 0.5) is 4.39 Å². The second-order valence-corrected chi connectivity index (χ2v) is 7.27. The third kappa shape index (κ3) is 3.99. The van der Waals surface area contributed by atoms with E-state index in [-0.39, 0.29) is 16.9 Å². The van der Waals surface area contributed by atoms with Crippen molar-refractivity contribution in [1.29, 1.82) is 0 Å². The summed E-state index contributed by atoms with van der Waals surface area (Å²) < 4.78 is 40.3. The lowest BCUT2D eigenvalue weighted by atomic mass is 9.95. The first kappa shape index (κ1) is 16.1. The molecule has 0 aliphatic heterocycles. The molecule has 0 aromatic heterocycles. The molecule has 0 radical (unpaired) electrons. The second-order valence-electron chi connectivity index (χ2n) is 5.56. The summed E-state index contributed by atoms with van der Waals surface area (Å²) in [4.78, 5) is 0.140. The molecule has 0 unspecified atom stereocenters. The molecule has 1 aromatic carbocycles. The quantitative estimate of drug-likeness (QED) is 0.866. The number of aryl methyl sites for hydroxylation is 2. The molecular formula is C13H21FN2O2S. The van der Waals surface area contributed by atoms with Crippen LogP contribution in [0.5, 0.6) is 0 Å². The Morgan fingerprint density at radius 3 is 2.16 bits per heavy atom. The topological polar surface area (TPSA) is 72.2 Å². The Kier molecular flexibility index (Phi) is 4.71. The van der Waals surface area contributed by atoms with E-state index >= 15 is 0 Å². The predicted molar refractivity (Wildman–Crippen MR) is 73.9 cm³/mol. The highest BCUT2D eigenvalue weighted by Crippen LogP contribution is 2.22. The minimum Gasteiger partial charge on any atom is -0.330 e. The maximum atomic E-state index is 13.2. The number of nitrogens with two attached hydrogens (primary N) is 1. The zero-order valence-electron chi connectivity index (χ0n) is 11.7. The zero-order valence-corrected chi connectivity index (χ0v) is 12.6. The van der Waals surface area contributed by atoms with Gasteiger partial charge in [-0.15, -0.1) is 0 Å². The maximum absolute atomic E-state index is 13.2. The summed E-state index contributed by atoms with van der Waals surface area (Å²) in [5.74, 6) is -0.434. The summed E-state index contributed by atoms with van der Waals surface area (Å²) >= 11 is 0. The second kappa shape index (κ2) is 5.56. The van der Waals surface area contributed by atoms with Crippen LogP contribution in [0.3, 0.4) is 0 Å². The Labute approximate surface area is 114 Å². The fraction of sp³-hybridized carbons (Fsp3) is 0.538. The lowest BCUT2D eigenvalue weighted by Crippen LogP contribution is -2.38.